The van der Waals surface area contributed by atoms with Crippen molar-refractivity contribution >= 4 is 23.4 Å². The van der Waals surface area contributed by atoms with Crippen molar-refractivity contribution in [3.63, 3.8) is 0 Å². The number of likely N-dealkylation sites (tertiary alicyclic amines) is 1. The van der Waals surface area contributed by atoms with Crippen LogP contribution in [-0.4, -0.2) is 39.7 Å². The molecule has 4 rings (SSSR count). The van der Waals surface area contributed by atoms with Crippen molar-refractivity contribution in [3.05, 3.63) is 64.4 Å². The topological polar surface area (TPSA) is 53.5 Å². The summed E-state index contributed by atoms with van der Waals surface area (Å²) in [5, 5.41) is 0.772. The molecule has 6 heteroatoms. The van der Waals surface area contributed by atoms with E-state index in [9.17, 15) is 9.59 Å². The molecule has 0 radical (unpaired) electrons. The Morgan fingerprint density at radius 3 is 2.96 bits per heavy atom. The molecule has 1 fully saturated rings. The zero-order valence-electron chi connectivity index (χ0n) is 14.4. The lowest BCUT2D eigenvalue weighted by Gasteiger charge is -2.31. The van der Waals surface area contributed by atoms with E-state index in [0.29, 0.717) is 26.2 Å². The summed E-state index contributed by atoms with van der Waals surface area (Å²) in [4.78, 5) is 33.0. The first-order valence-corrected chi connectivity index (χ1v) is 9.21. The first-order valence-electron chi connectivity index (χ1n) is 8.83. The van der Waals surface area contributed by atoms with Crippen LogP contribution in [0.2, 0.25) is 5.02 Å². The van der Waals surface area contributed by atoms with Gasteiger partial charge in [0.2, 0.25) is 11.8 Å². The van der Waals surface area contributed by atoms with Crippen molar-refractivity contribution in [2.24, 2.45) is 5.92 Å². The van der Waals surface area contributed by atoms with E-state index in [0.717, 1.165) is 28.1 Å². The van der Waals surface area contributed by atoms with Gasteiger partial charge in [0.25, 0.3) is 0 Å². The van der Waals surface area contributed by atoms with Crippen LogP contribution in [0.25, 0.3) is 0 Å². The van der Waals surface area contributed by atoms with Crippen molar-refractivity contribution in [1.29, 1.82) is 0 Å². The number of benzene rings is 1. The summed E-state index contributed by atoms with van der Waals surface area (Å²) < 4.78 is 0. The molecule has 26 heavy (non-hydrogen) atoms. The van der Waals surface area contributed by atoms with E-state index in [1.165, 1.54) is 0 Å². The number of aromatic nitrogens is 1. The minimum atomic E-state index is -0.264. The molecule has 0 spiro atoms. The summed E-state index contributed by atoms with van der Waals surface area (Å²) in [7, 11) is 0. The third-order valence-corrected chi connectivity index (χ3v) is 5.53. The summed E-state index contributed by atoms with van der Waals surface area (Å²) in [6, 6.07) is 9.64. The Morgan fingerprint density at radius 1 is 1.27 bits per heavy atom. The fraction of sp³-hybridized carbons (Fsp3) is 0.350. The lowest BCUT2D eigenvalue weighted by molar-refractivity contribution is -0.136. The molecule has 134 valence electrons. The van der Waals surface area contributed by atoms with Crippen LogP contribution in [0.4, 0.5) is 0 Å². The molecule has 0 N–H and O–H groups in total. The number of halogens is 1. The van der Waals surface area contributed by atoms with Crippen LogP contribution in [0.1, 0.15) is 23.1 Å². The van der Waals surface area contributed by atoms with Gasteiger partial charge in [0.1, 0.15) is 0 Å². The Labute approximate surface area is 157 Å². The molecule has 5 nitrogen and oxygen atoms in total. The average molecular weight is 370 g/mol. The highest BCUT2D eigenvalue weighted by molar-refractivity contribution is 6.31. The quantitative estimate of drug-likeness (QED) is 0.835. The lowest BCUT2D eigenvalue weighted by Crippen LogP contribution is -2.40. The van der Waals surface area contributed by atoms with E-state index >= 15 is 0 Å². The molecule has 1 saturated heterocycles. The van der Waals surface area contributed by atoms with Crippen LogP contribution in [0, 0.1) is 5.92 Å². The third kappa shape index (κ3) is 3.31. The van der Waals surface area contributed by atoms with E-state index in [2.05, 4.69) is 4.98 Å². The Bertz CT molecular complexity index is 840. The molecule has 1 aromatic heterocycles. The summed E-state index contributed by atoms with van der Waals surface area (Å²) in [5.74, 6) is -0.162. The predicted molar refractivity (Wildman–Crippen MR) is 98.3 cm³/mol. The Kier molecular flexibility index (Phi) is 4.64. The average Bonchev–Trinajstić information content (AvgIpc) is 3.02. The van der Waals surface area contributed by atoms with E-state index in [-0.39, 0.29) is 24.2 Å². The van der Waals surface area contributed by atoms with Gasteiger partial charge in [-0.05, 0) is 35.2 Å². The van der Waals surface area contributed by atoms with Gasteiger partial charge in [-0.3, -0.25) is 14.6 Å². The van der Waals surface area contributed by atoms with Crippen LogP contribution in [-0.2, 0) is 29.1 Å². The number of pyridine rings is 1. The monoisotopic (exact) mass is 369 g/mol. The number of rotatable bonds is 3. The van der Waals surface area contributed by atoms with Gasteiger partial charge in [0.05, 0.1) is 5.92 Å². The molecular formula is C20H20ClN3O2. The first kappa shape index (κ1) is 17.0. The minimum Gasteiger partial charge on any atom is -0.338 e. The van der Waals surface area contributed by atoms with Gasteiger partial charge in [-0.1, -0.05) is 29.8 Å². The maximum Gasteiger partial charge on any atom is 0.228 e. The fourth-order valence-corrected chi connectivity index (χ4v) is 4.10. The van der Waals surface area contributed by atoms with Gasteiger partial charge in [-0.2, -0.15) is 0 Å². The molecule has 0 saturated carbocycles. The highest BCUT2D eigenvalue weighted by atomic mass is 35.5. The van der Waals surface area contributed by atoms with Crippen molar-refractivity contribution in [2.75, 3.05) is 13.1 Å². The van der Waals surface area contributed by atoms with Gasteiger partial charge in [-0.15, -0.1) is 0 Å². The van der Waals surface area contributed by atoms with Gasteiger partial charge >= 0.3 is 0 Å². The zero-order valence-corrected chi connectivity index (χ0v) is 15.2. The molecule has 2 aliphatic rings. The molecule has 2 amide bonds. The molecule has 1 aromatic carbocycles. The number of amides is 2. The van der Waals surface area contributed by atoms with Gasteiger partial charge < -0.3 is 9.80 Å². The maximum absolute atomic E-state index is 12.9. The second kappa shape index (κ2) is 7.08. The zero-order chi connectivity index (χ0) is 18.1. The normalized spacial score (nSPS) is 19.6. The number of nitrogens with zero attached hydrogens (tertiary/aromatic N) is 3. The molecule has 1 unspecified atom stereocenters. The van der Waals surface area contributed by atoms with E-state index in [1.54, 1.807) is 17.3 Å². The van der Waals surface area contributed by atoms with Crippen LogP contribution in [0.15, 0.2) is 42.7 Å². The van der Waals surface area contributed by atoms with Gasteiger partial charge in [-0.25, -0.2) is 0 Å². The highest BCUT2D eigenvalue weighted by Crippen LogP contribution is 2.28. The Morgan fingerprint density at radius 2 is 2.15 bits per heavy atom. The van der Waals surface area contributed by atoms with Crippen LogP contribution >= 0.6 is 11.6 Å². The van der Waals surface area contributed by atoms with Crippen molar-refractivity contribution in [3.8, 4) is 0 Å². The van der Waals surface area contributed by atoms with Crippen molar-refractivity contribution in [2.45, 2.75) is 25.9 Å². The largest absolute Gasteiger partial charge is 0.338 e. The summed E-state index contributed by atoms with van der Waals surface area (Å²) in [6.45, 7) is 2.21. The number of hydrogen-bond acceptors (Lipinski definition) is 3. The number of carbonyl (C=O) groups excluding carboxylic acids is 2. The lowest BCUT2D eigenvalue weighted by atomic mass is 9.98. The van der Waals surface area contributed by atoms with E-state index in [1.807, 2.05) is 35.2 Å². The highest BCUT2D eigenvalue weighted by Gasteiger charge is 2.37. The molecule has 2 aliphatic heterocycles. The van der Waals surface area contributed by atoms with Crippen LogP contribution in [0.3, 0.4) is 0 Å². The van der Waals surface area contributed by atoms with Crippen molar-refractivity contribution < 1.29 is 9.59 Å². The first-order chi connectivity index (χ1) is 12.6. The minimum absolute atomic E-state index is 0.0349. The third-order valence-electron chi connectivity index (χ3n) is 5.18. The van der Waals surface area contributed by atoms with Gasteiger partial charge in [0, 0.05) is 50.0 Å². The fourth-order valence-electron chi connectivity index (χ4n) is 3.81. The number of hydrogen-bond donors (Lipinski definition) is 0. The molecule has 0 bridgehead atoms. The molecule has 3 heterocycles. The smallest absolute Gasteiger partial charge is 0.228 e. The maximum atomic E-state index is 12.9. The predicted octanol–water partition coefficient (Wildman–Crippen LogP) is 2.67. The molecular weight excluding hydrogens is 350 g/mol. The molecule has 1 atom stereocenters. The molecule has 2 aromatic rings. The van der Waals surface area contributed by atoms with Crippen LogP contribution < -0.4 is 0 Å². The number of carbonyl (C=O) groups is 2. The van der Waals surface area contributed by atoms with E-state index in [4.69, 9.17) is 11.6 Å². The second-order valence-corrected chi connectivity index (χ2v) is 7.33. The standard InChI is InChI=1S/C20H20ClN3O2/c21-18-5-1-4-15-12-23(8-6-17(15)18)20(26)16-9-19(25)24(13-16)11-14-3-2-7-22-10-14/h1-5,7,10,16H,6,8-9,11-13H2. The van der Waals surface area contributed by atoms with Crippen LogP contribution in [0.5, 0.6) is 0 Å². The second-order valence-electron chi connectivity index (χ2n) is 6.92. The molecule has 0 aliphatic carbocycles. The Balaban J connectivity index is 1.42. The van der Waals surface area contributed by atoms with Gasteiger partial charge in [0.15, 0.2) is 0 Å². The summed E-state index contributed by atoms with van der Waals surface area (Å²) in [5.41, 5.74) is 3.23. The number of fused-ring (bicyclic) bond motifs is 1. The Hall–Kier alpha value is -2.40. The SMILES string of the molecule is O=C1CC(C(=O)N2CCc3c(Cl)cccc3C2)CN1Cc1cccnc1. The summed E-state index contributed by atoms with van der Waals surface area (Å²) in [6.07, 6.45) is 4.52. The van der Waals surface area contributed by atoms with E-state index < -0.39 is 0 Å². The van der Waals surface area contributed by atoms with Crippen molar-refractivity contribution in [1.82, 2.24) is 14.8 Å². The summed E-state index contributed by atoms with van der Waals surface area (Å²) >= 11 is 6.25.